The number of aromatic nitrogens is 3. The number of hydrogen-bond acceptors (Lipinski definition) is 5. The highest BCUT2D eigenvalue weighted by Crippen LogP contribution is 2.33. The molecule has 0 N–H and O–H groups in total. The molecule has 1 saturated heterocycles. The van der Waals surface area contributed by atoms with Gasteiger partial charge in [-0.25, -0.2) is 14.4 Å². The van der Waals surface area contributed by atoms with Gasteiger partial charge in [0.15, 0.2) is 0 Å². The highest BCUT2D eigenvalue weighted by Gasteiger charge is 2.31. The van der Waals surface area contributed by atoms with E-state index in [0.29, 0.717) is 12.3 Å². The molecule has 1 aliphatic rings. The maximum absolute atomic E-state index is 13.3. The fourth-order valence-corrected chi connectivity index (χ4v) is 3.81. The third-order valence-corrected chi connectivity index (χ3v) is 5.16. The molecule has 0 bridgehead atoms. The molecular weight excluding hydrogens is 383 g/mol. The van der Waals surface area contributed by atoms with E-state index in [0.717, 1.165) is 35.4 Å². The maximum Gasteiger partial charge on any atom is 0.226 e. The summed E-state index contributed by atoms with van der Waals surface area (Å²) in [6, 6.07) is 9.89. The van der Waals surface area contributed by atoms with E-state index in [4.69, 9.17) is 9.72 Å². The van der Waals surface area contributed by atoms with Crippen molar-refractivity contribution in [3.05, 3.63) is 72.3 Å². The van der Waals surface area contributed by atoms with Gasteiger partial charge in [-0.3, -0.25) is 9.78 Å². The van der Waals surface area contributed by atoms with E-state index in [9.17, 15) is 9.18 Å². The molecule has 3 heterocycles. The molecule has 0 radical (unpaired) electrons. The summed E-state index contributed by atoms with van der Waals surface area (Å²) in [6.45, 7) is 2.85. The van der Waals surface area contributed by atoms with Crippen molar-refractivity contribution < 1.29 is 13.9 Å². The minimum absolute atomic E-state index is 0.0156. The SMILES string of the molecule is Cc1cc(-c2cncnc2)cc(C2CCCN2C(=O)CCOc2cccc(F)c2)n1. The molecule has 0 spiro atoms. The van der Waals surface area contributed by atoms with Gasteiger partial charge < -0.3 is 9.64 Å². The Balaban J connectivity index is 1.45. The van der Waals surface area contributed by atoms with Crippen LogP contribution in [0.2, 0.25) is 0 Å². The topological polar surface area (TPSA) is 68.2 Å². The van der Waals surface area contributed by atoms with Crippen LogP contribution < -0.4 is 4.74 Å². The van der Waals surface area contributed by atoms with Gasteiger partial charge in [0, 0.05) is 36.3 Å². The summed E-state index contributed by atoms with van der Waals surface area (Å²) < 4.78 is 18.8. The molecule has 1 unspecified atom stereocenters. The Morgan fingerprint density at radius 2 is 2.03 bits per heavy atom. The summed E-state index contributed by atoms with van der Waals surface area (Å²) in [7, 11) is 0. The van der Waals surface area contributed by atoms with Crippen LogP contribution in [0.4, 0.5) is 4.39 Å². The summed E-state index contributed by atoms with van der Waals surface area (Å²) in [4.78, 5) is 27.6. The first-order chi connectivity index (χ1) is 14.6. The molecule has 1 atom stereocenters. The zero-order chi connectivity index (χ0) is 20.9. The average Bonchev–Trinajstić information content (AvgIpc) is 3.24. The Kier molecular flexibility index (Phi) is 5.97. The van der Waals surface area contributed by atoms with Crippen LogP contribution in [0.3, 0.4) is 0 Å². The Bertz CT molecular complexity index is 1030. The lowest BCUT2D eigenvalue weighted by Crippen LogP contribution is -2.32. The Hall–Kier alpha value is -3.35. The lowest BCUT2D eigenvalue weighted by Gasteiger charge is -2.25. The summed E-state index contributed by atoms with van der Waals surface area (Å²) >= 11 is 0. The highest BCUT2D eigenvalue weighted by molar-refractivity contribution is 5.77. The number of rotatable bonds is 6. The average molecular weight is 406 g/mol. The van der Waals surface area contributed by atoms with Crippen molar-refractivity contribution in [2.24, 2.45) is 0 Å². The van der Waals surface area contributed by atoms with Crippen LogP contribution in [0.5, 0.6) is 5.75 Å². The summed E-state index contributed by atoms with van der Waals surface area (Å²) in [5, 5.41) is 0. The van der Waals surface area contributed by atoms with Gasteiger partial charge >= 0.3 is 0 Å². The van der Waals surface area contributed by atoms with E-state index in [-0.39, 0.29) is 30.8 Å². The third-order valence-electron chi connectivity index (χ3n) is 5.16. The van der Waals surface area contributed by atoms with Crippen molar-refractivity contribution in [1.82, 2.24) is 19.9 Å². The van der Waals surface area contributed by atoms with E-state index in [1.807, 2.05) is 24.0 Å². The minimum atomic E-state index is -0.358. The van der Waals surface area contributed by atoms with Crippen LogP contribution in [-0.2, 0) is 4.79 Å². The summed E-state index contributed by atoms with van der Waals surface area (Å²) in [5.74, 6) is 0.0845. The third kappa shape index (κ3) is 4.62. The van der Waals surface area contributed by atoms with Crippen LogP contribution >= 0.6 is 0 Å². The first kappa shape index (κ1) is 19.9. The van der Waals surface area contributed by atoms with Crippen molar-refractivity contribution in [1.29, 1.82) is 0 Å². The zero-order valence-electron chi connectivity index (χ0n) is 16.8. The molecule has 0 aliphatic carbocycles. The number of pyridine rings is 1. The normalized spacial score (nSPS) is 15.9. The second-order valence-corrected chi connectivity index (χ2v) is 7.35. The van der Waals surface area contributed by atoms with Gasteiger partial charge in [-0.15, -0.1) is 0 Å². The number of likely N-dealkylation sites (tertiary alicyclic amines) is 1. The Labute approximate surface area is 174 Å². The first-order valence-electron chi connectivity index (χ1n) is 10.0. The van der Waals surface area contributed by atoms with Gasteiger partial charge in [0.2, 0.25) is 5.91 Å². The van der Waals surface area contributed by atoms with Crippen molar-refractivity contribution in [3.63, 3.8) is 0 Å². The molecule has 2 aromatic heterocycles. The number of amides is 1. The lowest BCUT2D eigenvalue weighted by molar-refractivity contribution is -0.132. The monoisotopic (exact) mass is 406 g/mol. The largest absolute Gasteiger partial charge is 0.493 e. The highest BCUT2D eigenvalue weighted by atomic mass is 19.1. The molecule has 1 aromatic carbocycles. The standard InChI is InChI=1S/C23H23FN4O2/c1-16-10-17(18-13-25-15-26-14-18)11-21(27-16)22-6-3-8-28(22)23(29)7-9-30-20-5-2-4-19(24)12-20/h2,4-5,10-15,22H,3,6-9H2,1H3. The first-order valence-corrected chi connectivity index (χ1v) is 10.0. The Morgan fingerprint density at radius 3 is 2.83 bits per heavy atom. The lowest BCUT2D eigenvalue weighted by atomic mass is 10.0. The van der Waals surface area contributed by atoms with Crippen molar-refractivity contribution in [2.75, 3.05) is 13.2 Å². The molecular formula is C23H23FN4O2. The van der Waals surface area contributed by atoms with E-state index in [2.05, 4.69) is 9.97 Å². The molecule has 30 heavy (non-hydrogen) atoms. The second kappa shape index (κ2) is 8.98. The molecule has 154 valence electrons. The maximum atomic E-state index is 13.3. The molecule has 1 amide bonds. The minimum Gasteiger partial charge on any atom is -0.493 e. The second-order valence-electron chi connectivity index (χ2n) is 7.35. The number of hydrogen-bond donors (Lipinski definition) is 0. The fourth-order valence-electron chi connectivity index (χ4n) is 3.81. The molecule has 0 saturated carbocycles. The van der Waals surface area contributed by atoms with E-state index >= 15 is 0 Å². The summed E-state index contributed by atoms with van der Waals surface area (Å²) in [6.07, 6.45) is 7.08. The van der Waals surface area contributed by atoms with Crippen LogP contribution in [0.15, 0.2) is 55.1 Å². The van der Waals surface area contributed by atoms with Crippen molar-refractivity contribution >= 4 is 5.91 Å². The van der Waals surface area contributed by atoms with E-state index < -0.39 is 0 Å². The van der Waals surface area contributed by atoms with Gasteiger partial charge in [-0.2, -0.15) is 0 Å². The number of benzene rings is 1. The van der Waals surface area contributed by atoms with Gasteiger partial charge in [0.05, 0.1) is 24.8 Å². The smallest absolute Gasteiger partial charge is 0.226 e. The van der Waals surface area contributed by atoms with Crippen LogP contribution in [0.25, 0.3) is 11.1 Å². The predicted molar refractivity (Wildman–Crippen MR) is 110 cm³/mol. The molecule has 4 rings (SSSR count). The molecule has 1 fully saturated rings. The number of halogens is 1. The number of carbonyl (C=O) groups excluding carboxylic acids is 1. The molecule has 1 aliphatic heterocycles. The molecule has 3 aromatic rings. The van der Waals surface area contributed by atoms with Crippen LogP contribution in [0, 0.1) is 12.7 Å². The van der Waals surface area contributed by atoms with Gasteiger partial charge in [0.25, 0.3) is 0 Å². The predicted octanol–water partition coefficient (Wildman–Crippen LogP) is 4.12. The number of nitrogens with zero attached hydrogens (tertiary/aromatic N) is 4. The Morgan fingerprint density at radius 1 is 1.20 bits per heavy atom. The van der Waals surface area contributed by atoms with Gasteiger partial charge in [-0.05, 0) is 49.6 Å². The number of aryl methyl sites for hydroxylation is 1. The fraction of sp³-hybridized carbons (Fsp3) is 0.304. The summed E-state index contributed by atoms with van der Waals surface area (Å²) in [5.41, 5.74) is 3.68. The molecule has 6 nitrogen and oxygen atoms in total. The van der Waals surface area contributed by atoms with Crippen molar-refractivity contribution in [2.45, 2.75) is 32.2 Å². The van der Waals surface area contributed by atoms with Gasteiger partial charge in [-0.1, -0.05) is 6.07 Å². The van der Waals surface area contributed by atoms with Crippen molar-refractivity contribution in [3.8, 4) is 16.9 Å². The van der Waals surface area contributed by atoms with Crippen LogP contribution in [-0.4, -0.2) is 38.9 Å². The number of carbonyl (C=O) groups is 1. The van der Waals surface area contributed by atoms with Gasteiger partial charge in [0.1, 0.15) is 17.9 Å². The number of ether oxygens (including phenoxy) is 1. The van der Waals surface area contributed by atoms with E-state index in [1.165, 1.54) is 18.5 Å². The quantitative estimate of drug-likeness (QED) is 0.616. The van der Waals surface area contributed by atoms with Crippen LogP contribution in [0.1, 0.15) is 36.7 Å². The molecule has 7 heteroatoms. The van der Waals surface area contributed by atoms with E-state index in [1.54, 1.807) is 24.5 Å². The zero-order valence-corrected chi connectivity index (χ0v) is 16.8.